The Labute approximate surface area is 397 Å². The third-order valence-electron chi connectivity index (χ3n) is 10.7. The minimum Gasteiger partial charge on any atom is -0.508 e. The molecule has 23 nitrogen and oxygen atoms in total. The number of nitrogens with two attached hydrogens (primary N) is 2. The molecule has 0 spiro atoms. The molecule has 1 aliphatic carbocycles. The summed E-state index contributed by atoms with van der Waals surface area (Å²) in [7, 11) is -4.94. The second-order valence-corrected chi connectivity index (χ2v) is 17.9. The fraction of sp³-hybridized carbons (Fsp3) is 0.283. The van der Waals surface area contributed by atoms with Gasteiger partial charge in [-0.15, -0.1) is 0 Å². The van der Waals surface area contributed by atoms with E-state index in [4.69, 9.17) is 15.9 Å². The van der Waals surface area contributed by atoms with Gasteiger partial charge in [-0.2, -0.15) is 0 Å². The molecule has 0 unspecified atom stereocenters. The molecule has 4 atom stereocenters. The zero-order chi connectivity index (χ0) is 51.8. The predicted molar refractivity (Wildman–Crippen MR) is 249 cm³/mol. The van der Waals surface area contributed by atoms with E-state index in [0.717, 1.165) is 6.07 Å². The highest BCUT2D eigenvalue weighted by Gasteiger charge is 2.34. The number of aromatic carboxylic acids is 1. The first-order valence-corrected chi connectivity index (χ1v) is 22.8. The highest BCUT2D eigenvalue weighted by molar-refractivity contribution is 7.46. The van der Waals surface area contributed by atoms with E-state index in [1.807, 2.05) is 0 Å². The smallest absolute Gasteiger partial charge is 0.508 e. The van der Waals surface area contributed by atoms with Crippen molar-refractivity contribution in [2.24, 2.45) is 23.3 Å². The molecule has 1 aliphatic heterocycles. The molecule has 3 aromatic rings. The van der Waals surface area contributed by atoms with Crippen LogP contribution in [0.1, 0.15) is 60.4 Å². The summed E-state index contributed by atoms with van der Waals surface area (Å²) in [5, 5.41) is 33.0. The fourth-order valence-electron chi connectivity index (χ4n) is 7.29. The molecular weight excluding hydrogens is 938 g/mol. The minimum absolute atomic E-state index is 0.0991. The second-order valence-electron chi connectivity index (χ2n) is 16.7. The molecule has 70 heavy (non-hydrogen) atoms. The number of primary amides is 2. The number of carbonyl (C=O) groups excluding carboxylic acids is 7. The number of fused-ring (bicyclic) bond motifs is 2. The Bertz CT molecular complexity index is 2930. The van der Waals surface area contributed by atoms with Crippen LogP contribution in [0.15, 0.2) is 88.1 Å². The molecule has 13 N–H and O–H groups in total. The molecule has 0 radical (unpaired) electrons. The van der Waals surface area contributed by atoms with Crippen LogP contribution in [0.5, 0.6) is 11.5 Å². The van der Waals surface area contributed by atoms with E-state index in [9.17, 15) is 67.7 Å². The van der Waals surface area contributed by atoms with Crippen molar-refractivity contribution in [3.63, 3.8) is 0 Å². The summed E-state index contributed by atoms with van der Waals surface area (Å²) in [6.45, 7) is 5.49. The Kier molecular flexibility index (Phi) is 16.8. The van der Waals surface area contributed by atoms with Gasteiger partial charge in [0, 0.05) is 40.6 Å². The van der Waals surface area contributed by atoms with Gasteiger partial charge in [0.1, 0.15) is 47.0 Å². The lowest BCUT2D eigenvalue weighted by atomic mass is 9.90. The van der Waals surface area contributed by atoms with Crippen LogP contribution in [0.4, 0.5) is 0 Å². The molecule has 0 fully saturated rings. The molecule has 24 heteroatoms. The van der Waals surface area contributed by atoms with Gasteiger partial charge in [-0.3, -0.25) is 48.1 Å². The number of phenols is 1. The van der Waals surface area contributed by atoms with Crippen molar-refractivity contribution in [2.75, 3.05) is 6.54 Å². The maximum atomic E-state index is 14.0. The van der Waals surface area contributed by atoms with Crippen LogP contribution in [0.25, 0.3) is 33.4 Å². The third kappa shape index (κ3) is 13.7. The van der Waals surface area contributed by atoms with Gasteiger partial charge in [0.05, 0.1) is 18.5 Å². The van der Waals surface area contributed by atoms with E-state index in [1.54, 1.807) is 13.8 Å². The Hall–Kier alpha value is -8.14. The Morgan fingerprint density at radius 1 is 0.729 bits per heavy atom. The van der Waals surface area contributed by atoms with Crippen molar-refractivity contribution in [1.82, 2.24) is 26.6 Å². The van der Waals surface area contributed by atoms with Gasteiger partial charge in [0.2, 0.25) is 35.4 Å². The van der Waals surface area contributed by atoms with Gasteiger partial charge in [0.25, 0.3) is 5.91 Å². The average Bonchev–Trinajstić information content (AvgIpc) is 3.27. The highest BCUT2D eigenvalue weighted by Crippen LogP contribution is 2.42. The molecule has 0 saturated heterocycles. The summed E-state index contributed by atoms with van der Waals surface area (Å²) < 4.78 is 21.8. The van der Waals surface area contributed by atoms with Crippen LogP contribution in [-0.2, 0) is 39.8 Å². The number of rotatable bonds is 21. The van der Waals surface area contributed by atoms with Crippen LogP contribution >= 0.6 is 7.82 Å². The lowest BCUT2D eigenvalue weighted by Crippen LogP contribution is -2.60. The normalized spacial score (nSPS) is 13.1. The first-order chi connectivity index (χ1) is 32.8. The van der Waals surface area contributed by atoms with Gasteiger partial charge in [-0.05, 0) is 71.5 Å². The molecule has 0 saturated carbocycles. The van der Waals surface area contributed by atoms with Gasteiger partial charge < -0.3 is 57.2 Å². The number of phosphoric acid groups is 1. The van der Waals surface area contributed by atoms with Crippen LogP contribution < -0.4 is 48.0 Å². The third-order valence-corrected chi connectivity index (χ3v) is 11.1. The van der Waals surface area contributed by atoms with Gasteiger partial charge in [-0.25, -0.2) is 9.36 Å². The van der Waals surface area contributed by atoms with Crippen molar-refractivity contribution < 1.29 is 71.9 Å². The minimum atomic E-state index is -4.94. The largest absolute Gasteiger partial charge is 0.524 e. The second kappa shape index (κ2) is 22.3. The van der Waals surface area contributed by atoms with E-state index in [0.29, 0.717) is 22.1 Å². The number of hydrogen-bond donors (Lipinski definition) is 11. The van der Waals surface area contributed by atoms with Crippen LogP contribution in [0.2, 0.25) is 0 Å². The number of phenolic OH excluding ortho intramolecular Hbond substituents is 1. The Morgan fingerprint density at radius 2 is 1.36 bits per heavy atom. The molecule has 370 valence electrons. The SMILES string of the molecule is CC(C)[C@H](NC(=O)[C@H](CC(N)=O)NC(=O)[C@@H](NC(=O)[C@H](Cc1ccc(OP(=O)(O)O)cc1)NC(=O)CNC(=O)c1ccc(-c2c3ccc(=O)cc-3oc3cc(O)ccc23)c(C(=O)O)c1)C(C)C)C(N)=O. The van der Waals surface area contributed by atoms with E-state index < -0.39 is 110 Å². The van der Waals surface area contributed by atoms with Crippen LogP contribution in [-0.4, -0.2) is 98.0 Å². The highest BCUT2D eigenvalue weighted by atomic mass is 31.2. The lowest BCUT2D eigenvalue weighted by molar-refractivity contribution is -0.136. The zero-order valence-corrected chi connectivity index (χ0v) is 38.8. The summed E-state index contributed by atoms with van der Waals surface area (Å²) in [6, 6.07) is 11.1. The van der Waals surface area contributed by atoms with Gasteiger partial charge in [-0.1, -0.05) is 45.9 Å². The Balaban J connectivity index is 1.38. The molecule has 1 heterocycles. The zero-order valence-electron chi connectivity index (χ0n) is 37.9. The number of carboxylic acids is 1. The monoisotopic (exact) mass is 987 g/mol. The topological polar surface area (TPSA) is 386 Å². The maximum absolute atomic E-state index is 14.0. The van der Waals surface area contributed by atoms with E-state index in [1.165, 1.54) is 86.6 Å². The number of benzene rings is 4. The molecule has 3 aromatic carbocycles. The lowest BCUT2D eigenvalue weighted by Gasteiger charge is -2.28. The predicted octanol–water partition coefficient (Wildman–Crippen LogP) is 1.02. The van der Waals surface area contributed by atoms with Crippen LogP contribution in [0.3, 0.4) is 0 Å². The van der Waals surface area contributed by atoms with Crippen molar-refractivity contribution >= 4 is 66.1 Å². The van der Waals surface area contributed by atoms with Crippen molar-refractivity contribution in [1.29, 1.82) is 0 Å². The number of phosphoric ester groups is 1. The molecule has 5 rings (SSSR count). The number of carboxylic acid groups (broad SMARTS) is 1. The summed E-state index contributed by atoms with van der Waals surface area (Å²) >= 11 is 0. The summed E-state index contributed by atoms with van der Waals surface area (Å²) in [4.78, 5) is 135. The quantitative estimate of drug-likeness (QED) is 0.0361. The number of carbonyl (C=O) groups is 8. The van der Waals surface area contributed by atoms with Crippen molar-refractivity contribution in [3.8, 4) is 33.9 Å². The van der Waals surface area contributed by atoms with E-state index >= 15 is 0 Å². The Morgan fingerprint density at radius 3 is 1.96 bits per heavy atom. The molecule has 7 amide bonds. The van der Waals surface area contributed by atoms with Crippen LogP contribution in [0, 0.1) is 11.8 Å². The van der Waals surface area contributed by atoms with E-state index in [2.05, 4.69) is 31.1 Å². The first-order valence-electron chi connectivity index (χ1n) is 21.3. The summed E-state index contributed by atoms with van der Waals surface area (Å²) in [6.07, 6.45) is -1.03. The molecular formula is C46H50N7O16P. The summed E-state index contributed by atoms with van der Waals surface area (Å²) in [5.74, 6) is -9.55. The number of nitrogens with one attached hydrogen (secondary N) is 5. The molecule has 2 aliphatic rings. The molecule has 0 bridgehead atoms. The van der Waals surface area contributed by atoms with Crippen molar-refractivity contribution in [2.45, 2.75) is 64.7 Å². The fourth-order valence-corrected chi connectivity index (χ4v) is 7.68. The number of hydrogen-bond acceptors (Lipinski definition) is 13. The van der Waals surface area contributed by atoms with E-state index in [-0.39, 0.29) is 46.0 Å². The number of aromatic hydroxyl groups is 1. The van der Waals surface area contributed by atoms with Crippen molar-refractivity contribution in [3.05, 3.63) is 106 Å². The average molecular weight is 988 g/mol. The first kappa shape index (κ1) is 52.8. The van der Waals surface area contributed by atoms with Gasteiger partial charge >= 0.3 is 13.8 Å². The van der Waals surface area contributed by atoms with Gasteiger partial charge in [0.15, 0.2) is 5.43 Å². The maximum Gasteiger partial charge on any atom is 0.524 e. The number of amides is 7. The molecule has 0 aromatic heterocycles. The summed E-state index contributed by atoms with van der Waals surface area (Å²) in [5.41, 5.74) is 11.1. The standard InChI is InChI=1S/C46H50N7O16P/c1-21(2)39(41(48)58)52-44(61)33(19-36(47)56)51-45(62)40(22(3)4)53-43(60)32(15-23-5-10-27(11-6-23)69-70(65,66)67)50-37(57)20-49-42(59)24-7-12-28(31(16-24)46(63)64)38-29-13-8-25(54)17-34(29)68-35-18-26(55)9-14-30(35)38/h5-14,16-18,21-22,32-33,39-40,54H,15,19-20H2,1-4H3,(H2,47,56)(H2,48,58)(H,49,59)(H,50,57)(H,51,62)(H,52,61)(H,53,60)(H,63,64)(H2,65,66,67)/t32-,33-,39-,40-/m0/s1.